The van der Waals surface area contributed by atoms with E-state index in [1.54, 1.807) is 29.8 Å². The Hall–Kier alpha value is -2.22. The van der Waals surface area contributed by atoms with Gasteiger partial charge in [-0.3, -0.25) is 9.40 Å². The van der Waals surface area contributed by atoms with Gasteiger partial charge in [-0.2, -0.15) is 5.10 Å². The van der Waals surface area contributed by atoms with Crippen molar-refractivity contribution in [2.45, 2.75) is 25.3 Å². The summed E-state index contributed by atoms with van der Waals surface area (Å²) >= 11 is 0. The van der Waals surface area contributed by atoms with Crippen LogP contribution in [0.15, 0.2) is 29.3 Å². The average Bonchev–Trinajstić information content (AvgIpc) is 2.89. The zero-order valence-electron chi connectivity index (χ0n) is 13.0. The van der Waals surface area contributed by atoms with Gasteiger partial charge in [0.15, 0.2) is 0 Å². The lowest BCUT2D eigenvalue weighted by molar-refractivity contribution is 0.395. The largest absolute Gasteiger partial charge is 0.497 e. The van der Waals surface area contributed by atoms with Gasteiger partial charge in [0.05, 0.1) is 31.8 Å². The maximum Gasteiger partial charge on any atom is 0.265 e. The van der Waals surface area contributed by atoms with Gasteiger partial charge in [0.2, 0.25) is 0 Å². The van der Waals surface area contributed by atoms with Crippen LogP contribution in [0.2, 0.25) is 0 Å². The number of anilines is 1. The molecule has 1 heterocycles. The number of sulfonamides is 1. The minimum Gasteiger partial charge on any atom is -0.497 e. The Balaban J connectivity index is 2.38. The van der Waals surface area contributed by atoms with E-state index in [-0.39, 0.29) is 4.90 Å². The first-order chi connectivity index (χ1) is 10.4. The molecule has 0 atom stereocenters. The minimum absolute atomic E-state index is 0.146. The van der Waals surface area contributed by atoms with Gasteiger partial charge in [0, 0.05) is 12.6 Å². The summed E-state index contributed by atoms with van der Waals surface area (Å²) < 4.78 is 39.5. The summed E-state index contributed by atoms with van der Waals surface area (Å²) in [6.45, 7) is 4.22. The fourth-order valence-corrected chi connectivity index (χ4v) is 3.34. The van der Waals surface area contributed by atoms with Crippen LogP contribution in [-0.4, -0.2) is 32.4 Å². The van der Waals surface area contributed by atoms with E-state index in [1.807, 2.05) is 6.92 Å². The lowest BCUT2D eigenvalue weighted by atomic mass is 10.3. The van der Waals surface area contributed by atoms with Gasteiger partial charge in [-0.25, -0.2) is 8.42 Å². The number of rotatable bonds is 6. The summed E-state index contributed by atoms with van der Waals surface area (Å²) in [5, 5.41) is 4.06. The molecule has 0 saturated heterocycles. The molecule has 0 aliphatic carbocycles. The number of hydrogen-bond donors (Lipinski definition) is 1. The van der Waals surface area contributed by atoms with E-state index in [2.05, 4.69) is 9.82 Å². The number of aryl methyl sites for hydroxylation is 1. The van der Waals surface area contributed by atoms with Crippen LogP contribution >= 0.6 is 0 Å². The van der Waals surface area contributed by atoms with E-state index in [0.717, 1.165) is 0 Å². The van der Waals surface area contributed by atoms with Gasteiger partial charge in [0.25, 0.3) is 10.0 Å². The first-order valence-corrected chi connectivity index (χ1v) is 8.18. The second kappa shape index (κ2) is 6.27. The van der Waals surface area contributed by atoms with Crippen molar-refractivity contribution in [2.75, 3.05) is 18.9 Å². The number of ether oxygens (including phenoxy) is 2. The molecule has 1 N–H and O–H groups in total. The van der Waals surface area contributed by atoms with Gasteiger partial charge >= 0.3 is 0 Å². The van der Waals surface area contributed by atoms with Crippen LogP contribution in [0.5, 0.6) is 11.5 Å². The molecule has 2 rings (SSSR count). The molecule has 2 aromatic rings. The Morgan fingerprint density at radius 1 is 1.27 bits per heavy atom. The van der Waals surface area contributed by atoms with Crippen LogP contribution in [0, 0.1) is 6.92 Å². The van der Waals surface area contributed by atoms with Crippen molar-refractivity contribution in [2.24, 2.45) is 0 Å². The molecule has 8 heteroatoms. The Morgan fingerprint density at radius 2 is 2.00 bits per heavy atom. The molecule has 1 aromatic carbocycles. The highest BCUT2D eigenvalue weighted by Crippen LogP contribution is 2.31. The Morgan fingerprint density at radius 3 is 2.55 bits per heavy atom. The van der Waals surface area contributed by atoms with E-state index in [0.29, 0.717) is 29.4 Å². The quantitative estimate of drug-likeness (QED) is 0.878. The van der Waals surface area contributed by atoms with E-state index in [1.165, 1.54) is 20.4 Å². The van der Waals surface area contributed by atoms with Crippen molar-refractivity contribution in [3.8, 4) is 11.5 Å². The number of benzene rings is 1. The highest BCUT2D eigenvalue weighted by molar-refractivity contribution is 7.92. The third-order valence-corrected chi connectivity index (χ3v) is 4.77. The molecule has 0 fully saturated rings. The molecule has 0 aliphatic rings. The van der Waals surface area contributed by atoms with Crippen molar-refractivity contribution in [3.05, 3.63) is 30.1 Å². The first-order valence-electron chi connectivity index (χ1n) is 6.70. The first kappa shape index (κ1) is 16.2. The number of aromatic nitrogens is 2. The standard InChI is InChI=1S/C14H19N3O4S/c1-5-17-10(2)14(9-15-17)22(18,19)16-12-7-6-11(20-3)8-13(12)21-4/h6-9,16H,5H2,1-4H3. The normalized spacial score (nSPS) is 11.3. The van der Waals surface area contributed by atoms with E-state index in [9.17, 15) is 8.42 Å². The summed E-state index contributed by atoms with van der Waals surface area (Å²) in [5.74, 6) is 0.957. The Bertz CT molecular complexity index is 768. The smallest absolute Gasteiger partial charge is 0.265 e. The molecule has 0 spiro atoms. The third kappa shape index (κ3) is 3.01. The maximum absolute atomic E-state index is 12.5. The van der Waals surface area contributed by atoms with E-state index >= 15 is 0 Å². The number of hydrogen-bond acceptors (Lipinski definition) is 5. The summed E-state index contributed by atoms with van der Waals surface area (Å²) in [6.07, 6.45) is 1.34. The van der Waals surface area contributed by atoms with Crippen LogP contribution in [0.4, 0.5) is 5.69 Å². The predicted octanol–water partition coefficient (Wildman–Crippen LogP) is 2.03. The lowest BCUT2D eigenvalue weighted by Gasteiger charge is -2.12. The van der Waals surface area contributed by atoms with Gasteiger partial charge in [0.1, 0.15) is 16.4 Å². The molecule has 0 amide bonds. The van der Waals surface area contributed by atoms with Crippen molar-refractivity contribution in [1.82, 2.24) is 9.78 Å². The molecular formula is C14H19N3O4S. The SMILES string of the molecule is CCn1ncc(S(=O)(=O)Nc2ccc(OC)cc2OC)c1C. The van der Waals surface area contributed by atoms with Gasteiger partial charge in [-0.05, 0) is 26.0 Å². The monoisotopic (exact) mass is 325 g/mol. The van der Waals surface area contributed by atoms with Gasteiger partial charge in [-0.15, -0.1) is 0 Å². The minimum atomic E-state index is -3.74. The van der Waals surface area contributed by atoms with Gasteiger partial charge in [-0.1, -0.05) is 0 Å². The molecule has 0 aliphatic heterocycles. The molecule has 0 saturated carbocycles. The Kier molecular flexibility index (Phi) is 4.60. The second-order valence-electron chi connectivity index (χ2n) is 4.58. The van der Waals surface area contributed by atoms with Crippen LogP contribution < -0.4 is 14.2 Å². The molecule has 7 nitrogen and oxygen atoms in total. The van der Waals surface area contributed by atoms with Crippen molar-refractivity contribution in [3.63, 3.8) is 0 Å². The molecule has 0 radical (unpaired) electrons. The van der Waals surface area contributed by atoms with Crippen molar-refractivity contribution in [1.29, 1.82) is 0 Å². The molecule has 0 unspecified atom stereocenters. The van der Waals surface area contributed by atoms with Crippen molar-refractivity contribution < 1.29 is 17.9 Å². The second-order valence-corrected chi connectivity index (χ2v) is 6.23. The van der Waals surface area contributed by atoms with E-state index < -0.39 is 10.0 Å². The summed E-state index contributed by atoms with van der Waals surface area (Å²) in [7, 11) is -0.745. The molecule has 120 valence electrons. The van der Waals surface area contributed by atoms with Crippen LogP contribution in [0.25, 0.3) is 0 Å². The summed E-state index contributed by atoms with van der Waals surface area (Å²) in [4.78, 5) is 0.146. The topological polar surface area (TPSA) is 82.5 Å². The summed E-state index contributed by atoms with van der Waals surface area (Å²) in [5.41, 5.74) is 0.925. The highest BCUT2D eigenvalue weighted by Gasteiger charge is 2.22. The maximum atomic E-state index is 12.5. The average molecular weight is 325 g/mol. The zero-order valence-corrected chi connectivity index (χ0v) is 13.8. The van der Waals surface area contributed by atoms with Crippen LogP contribution in [0.3, 0.4) is 0 Å². The number of nitrogens with one attached hydrogen (secondary N) is 1. The molecular weight excluding hydrogens is 306 g/mol. The fourth-order valence-electron chi connectivity index (χ4n) is 2.09. The zero-order chi connectivity index (χ0) is 16.3. The molecule has 1 aromatic heterocycles. The molecule has 22 heavy (non-hydrogen) atoms. The number of nitrogens with zero attached hydrogens (tertiary/aromatic N) is 2. The van der Waals surface area contributed by atoms with Crippen LogP contribution in [-0.2, 0) is 16.6 Å². The highest BCUT2D eigenvalue weighted by atomic mass is 32.2. The van der Waals surface area contributed by atoms with Crippen LogP contribution in [0.1, 0.15) is 12.6 Å². The summed E-state index contributed by atoms with van der Waals surface area (Å²) in [6, 6.07) is 4.86. The molecule has 0 bridgehead atoms. The Labute approximate surface area is 129 Å². The predicted molar refractivity (Wildman–Crippen MR) is 83.0 cm³/mol. The van der Waals surface area contributed by atoms with Crippen molar-refractivity contribution >= 4 is 15.7 Å². The lowest BCUT2D eigenvalue weighted by Crippen LogP contribution is -2.14. The van der Waals surface area contributed by atoms with E-state index in [4.69, 9.17) is 9.47 Å². The fraction of sp³-hybridized carbons (Fsp3) is 0.357. The van der Waals surface area contributed by atoms with Gasteiger partial charge < -0.3 is 9.47 Å². The third-order valence-electron chi connectivity index (χ3n) is 3.30. The number of methoxy groups -OCH3 is 2.